The van der Waals surface area contributed by atoms with E-state index in [9.17, 15) is 4.79 Å². The van der Waals surface area contributed by atoms with Gasteiger partial charge in [-0.15, -0.1) is 0 Å². The summed E-state index contributed by atoms with van der Waals surface area (Å²) in [5.41, 5.74) is 3.45. The fourth-order valence-electron chi connectivity index (χ4n) is 4.20. The molecule has 0 aromatic heterocycles. The van der Waals surface area contributed by atoms with Gasteiger partial charge in [-0.2, -0.15) is 0 Å². The molecule has 25 heavy (non-hydrogen) atoms. The van der Waals surface area contributed by atoms with Crippen molar-refractivity contribution in [2.75, 3.05) is 0 Å². The quantitative estimate of drug-likeness (QED) is 0.380. The molecule has 1 aromatic carbocycles. The lowest BCUT2D eigenvalue weighted by Gasteiger charge is -2.22. The predicted octanol–water partition coefficient (Wildman–Crippen LogP) is 6.46. The van der Waals surface area contributed by atoms with Crippen molar-refractivity contribution in [2.24, 2.45) is 11.8 Å². The average Bonchev–Trinajstić information content (AvgIpc) is 2.91. The molecule has 0 bridgehead atoms. The van der Waals surface area contributed by atoms with Gasteiger partial charge in [-0.05, 0) is 50.7 Å². The van der Waals surface area contributed by atoms with Crippen LogP contribution in [0.5, 0.6) is 5.75 Å². The van der Waals surface area contributed by atoms with Crippen molar-refractivity contribution in [3.05, 3.63) is 41.2 Å². The zero-order valence-corrected chi connectivity index (χ0v) is 16.5. The molecule has 1 saturated carbocycles. The normalized spacial score (nSPS) is 20.1. The van der Waals surface area contributed by atoms with Gasteiger partial charge < -0.3 is 4.74 Å². The molecule has 138 valence electrons. The molecular formula is C23H34O2. The van der Waals surface area contributed by atoms with E-state index in [1.807, 2.05) is 0 Å². The Labute approximate surface area is 153 Å². The highest BCUT2D eigenvalue weighted by Gasteiger charge is 2.37. The third kappa shape index (κ3) is 5.20. The summed E-state index contributed by atoms with van der Waals surface area (Å²) >= 11 is 0. The van der Waals surface area contributed by atoms with Crippen molar-refractivity contribution in [1.29, 1.82) is 0 Å². The number of ether oxygens (including phenoxy) is 1. The third-order valence-corrected chi connectivity index (χ3v) is 5.44. The molecule has 2 heteroatoms. The second kappa shape index (κ2) is 9.22. The molecule has 2 atom stereocenters. The van der Waals surface area contributed by atoms with Crippen LogP contribution in [0.25, 0.3) is 0 Å². The van der Waals surface area contributed by atoms with Crippen LogP contribution in [0, 0.1) is 32.6 Å². The molecule has 1 aliphatic carbocycles. The SMILES string of the molecule is C=C(Oc1c(C)cc(C)cc1C)[C@H]1C(=O)CC[C@H]1CCCCCCC. The first-order valence-corrected chi connectivity index (χ1v) is 9.91. The van der Waals surface area contributed by atoms with Crippen molar-refractivity contribution in [3.63, 3.8) is 0 Å². The molecule has 0 N–H and O–H groups in total. The number of rotatable bonds is 9. The summed E-state index contributed by atoms with van der Waals surface area (Å²) in [6, 6.07) is 4.24. The van der Waals surface area contributed by atoms with Crippen LogP contribution < -0.4 is 4.74 Å². The molecule has 0 amide bonds. The minimum Gasteiger partial charge on any atom is -0.461 e. The van der Waals surface area contributed by atoms with Crippen LogP contribution in [0.3, 0.4) is 0 Å². The van der Waals surface area contributed by atoms with Gasteiger partial charge in [0.15, 0.2) is 0 Å². The van der Waals surface area contributed by atoms with Gasteiger partial charge in [0.2, 0.25) is 0 Å². The zero-order chi connectivity index (χ0) is 18.4. The van der Waals surface area contributed by atoms with E-state index in [4.69, 9.17) is 4.74 Å². The van der Waals surface area contributed by atoms with E-state index in [2.05, 4.69) is 46.4 Å². The fraction of sp³-hybridized carbons (Fsp3) is 0.609. The van der Waals surface area contributed by atoms with E-state index in [0.29, 0.717) is 23.9 Å². The van der Waals surface area contributed by atoms with Crippen molar-refractivity contribution < 1.29 is 9.53 Å². The van der Waals surface area contributed by atoms with Gasteiger partial charge in [-0.25, -0.2) is 0 Å². The Morgan fingerprint density at radius 3 is 2.40 bits per heavy atom. The van der Waals surface area contributed by atoms with Gasteiger partial charge in [-0.3, -0.25) is 4.79 Å². The van der Waals surface area contributed by atoms with Crippen molar-refractivity contribution >= 4 is 5.78 Å². The van der Waals surface area contributed by atoms with Gasteiger partial charge in [0.05, 0.1) is 5.92 Å². The molecule has 0 heterocycles. The highest BCUT2D eigenvalue weighted by Crippen LogP contribution is 2.39. The predicted molar refractivity (Wildman–Crippen MR) is 105 cm³/mol. The molecule has 2 nitrogen and oxygen atoms in total. The van der Waals surface area contributed by atoms with E-state index in [1.54, 1.807) is 0 Å². The number of benzene rings is 1. The Hall–Kier alpha value is -1.57. The van der Waals surface area contributed by atoms with Crippen LogP contribution in [0.1, 0.15) is 75.0 Å². The van der Waals surface area contributed by atoms with Crippen molar-refractivity contribution in [3.8, 4) is 5.75 Å². The largest absolute Gasteiger partial charge is 0.461 e. The number of allylic oxidation sites excluding steroid dienone is 1. The first kappa shape index (κ1) is 19.8. The molecule has 0 spiro atoms. The lowest BCUT2D eigenvalue weighted by atomic mass is 9.89. The highest BCUT2D eigenvalue weighted by atomic mass is 16.5. The molecule has 0 aliphatic heterocycles. The number of hydrogen-bond acceptors (Lipinski definition) is 2. The Kier molecular flexibility index (Phi) is 7.28. The van der Waals surface area contributed by atoms with Crippen molar-refractivity contribution in [1.82, 2.24) is 0 Å². The number of unbranched alkanes of at least 4 members (excludes halogenated alkanes) is 4. The summed E-state index contributed by atoms with van der Waals surface area (Å²) in [6.45, 7) is 12.6. The second-order valence-corrected chi connectivity index (χ2v) is 7.74. The van der Waals surface area contributed by atoms with Crippen LogP contribution >= 0.6 is 0 Å². The molecule has 0 saturated heterocycles. The lowest BCUT2D eigenvalue weighted by Crippen LogP contribution is -2.20. The standard InChI is InChI=1S/C23H34O2/c1-6-7-8-9-10-11-20-12-13-21(24)22(20)19(5)25-23-17(3)14-16(2)15-18(23)4/h14-15,20,22H,5-13H2,1-4H3/t20-,22-/m1/s1. The van der Waals surface area contributed by atoms with E-state index in [0.717, 1.165) is 29.7 Å². The molecule has 1 aliphatic rings. The van der Waals surface area contributed by atoms with Gasteiger partial charge >= 0.3 is 0 Å². The van der Waals surface area contributed by atoms with Gasteiger partial charge in [0.1, 0.15) is 17.3 Å². The first-order valence-electron chi connectivity index (χ1n) is 9.91. The summed E-state index contributed by atoms with van der Waals surface area (Å²) in [4.78, 5) is 12.4. The minimum absolute atomic E-state index is 0.119. The summed E-state index contributed by atoms with van der Waals surface area (Å²) in [6.07, 6.45) is 9.16. The maximum Gasteiger partial charge on any atom is 0.143 e. The fourth-order valence-corrected chi connectivity index (χ4v) is 4.20. The number of Topliss-reactive ketones (excluding diaryl/α,β-unsaturated/α-hetero) is 1. The number of carbonyl (C=O) groups excluding carboxylic acids is 1. The maximum atomic E-state index is 12.4. The van der Waals surface area contributed by atoms with E-state index < -0.39 is 0 Å². The zero-order valence-electron chi connectivity index (χ0n) is 16.5. The molecule has 1 aromatic rings. The lowest BCUT2D eigenvalue weighted by molar-refractivity contribution is -0.120. The molecule has 2 rings (SSSR count). The van der Waals surface area contributed by atoms with Crippen LogP contribution in [0.4, 0.5) is 0 Å². The van der Waals surface area contributed by atoms with Gasteiger partial charge in [0, 0.05) is 6.42 Å². The van der Waals surface area contributed by atoms with Crippen LogP contribution in [0.15, 0.2) is 24.5 Å². The molecule has 0 unspecified atom stereocenters. The van der Waals surface area contributed by atoms with Crippen molar-refractivity contribution in [2.45, 2.75) is 79.1 Å². The molecular weight excluding hydrogens is 308 g/mol. The van der Waals surface area contributed by atoms with Crippen LogP contribution in [0.2, 0.25) is 0 Å². The van der Waals surface area contributed by atoms with Gasteiger partial charge in [-0.1, -0.05) is 63.3 Å². The Morgan fingerprint density at radius 2 is 1.76 bits per heavy atom. The highest BCUT2D eigenvalue weighted by molar-refractivity contribution is 5.85. The number of aryl methyl sites for hydroxylation is 3. The Bertz CT molecular complexity index is 592. The topological polar surface area (TPSA) is 26.3 Å². The maximum absolute atomic E-state index is 12.4. The summed E-state index contributed by atoms with van der Waals surface area (Å²) < 4.78 is 6.15. The van der Waals surface area contributed by atoms with E-state index >= 15 is 0 Å². The first-order chi connectivity index (χ1) is 11.9. The Balaban J connectivity index is 1.99. The van der Waals surface area contributed by atoms with Gasteiger partial charge in [0.25, 0.3) is 0 Å². The Morgan fingerprint density at radius 1 is 1.12 bits per heavy atom. The minimum atomic E-state index is -0.119. The number of ketones is 1. The molecule has 1 fully saturated rings. The van der Waals surface area contributed by atoms with Crippen LogP contribution in [-0.4, -0.2) is 5.78 Å². The van der Waals surface area contributed by atoms with E-state index in [-0.39, 0.29) is 5.92 Å². The third-order valence-electron chi connectivity index (χ3n) is 5.44. The van der Waals surface area contributed by atoms with Crippen LogP contribution in [-0.2, 0) is 4.79 Å². The summed E-state index contributed by atoms with van der Waals surface area (Å²) in [5, 5.41) is 0. The smallest absolute Gasteiger partial charge is 0.143 e. The summed E-state index contributed by atoms with van der Waals surface area (Å²) in [5.74, 6) is 2.12. The number of carbonyl (C=O) groups is 1. The summed E-state index contributed by atoms with van der Waals surface area (Å²) in [7, 11) is 0. The monoisotopic (exact) mass is 342 g/mol. The van der Waals surface area contributed by atoms with E-state index in [1.165, 1.54) is 37.7 Å². The average molecular weight is 343 g/mol. The second-order valence-electron chi connectivity index (χ2n) is 7.74. The number of hydrogen-bond donors (Lipinski definition) is 0. The molecule has 0 radical (unpaired) electrons.